The molecule has 1 heterocycles. The van der Waals surface area contributed by atoms with E-state index in [1.807, 2.05) is 5.38 Å². The third-order valence-corrected chi connectivity index (χ3v) is 4.85. The van der Waals surface area contributed by atoms with Crippen molar-refractivity contribution in [2.75, 3.05) is 13.2 Å². The van der Waals surface area contributed by atoms with E-state index < -0.39 is 5.97 Å². The number of hydrogen-bond acceptors (Lipinski definition) is 6. The van der Waals surface area contributed by atoms with Crippen molar-refractivity contribution in [3.63, 3.8) is 0 Å². The predicted molar refractivity (Wildman–Crippen MR) is 106 cm³/mol. The molecule has 1 aromatic heterocycles. The van der Waals surface area contributed by atoms with Gasteiger partial charge in [0.25, 0.3) is 0 Å². The van der Waals surface area contributed by atoms with Crippen molar-refractivity contribution in [3.05, 3.63) is 87.6 Å². The molecule has 0 aliphatic rings. The van der Waals surface area contributed by atoms with Gasteiger partial charge in [-0.15, -0.1) is 11.3 Å². The zero-order chi connectivity index (χ0) is 19.9. The van der Waals surface area contributed by atoms with Gasteiger partial charge in [-0.1, -0.05) is 36.4 Å². The fourth-order valence-electron chi connectivity index (χ4n) is 2.65. The van der Waals surface area contributed by atoms with Gasteiger partial charge in [-0.05, 0) is 36.6 Å². The quantitative estimate of drug-likeness (QED) is 0.321. The standard InChI is InChI=1S/C22H18O5S/c1-15(23)16-7-4-5-10-19(16)26-12-13-27-22(25)18-9-3-2-8-17(18)21(24)20-11-6-14-28-20/h2-11,14H,12-13H2,1H3. The first kappa shape index (κ1) is 19.5. The van der Waals surface area contributed by atoms with Crippen LogP contribution in [-0.2, 0) is 4.74 Å². The smallest absolute Gasteiger partial charge is 0.339 e. The number of carbonyl (C=O) groups excluding carboxylic acids is 3. The van der Waals surface area contributed by atoms with Crippen LogP contribution in [0.25, 0.3) is 0 Å². The highest BCUT2D eigenvalue weighted by Gasteiger charge is 2.19. The second-order valence-electron chi connectivity index (χ2n) is 5.89. The maximum atomic E-state index is 12.6. The van der Waals surface area contributed by atoms with Gasteiger partial charge < -0.3 is 9.47 Å². The van der Waals surface area contributed by atoms with Gasteiger partial charge in [0.15, 0.2) is 5.78 Å². The van der Waals surface area contributed by atoms with Gasteiger partial charge in [-0.25, -0.2) is 4.79 Å². The van der Waals surface area contributed by atoms with E-state index in [1.54, 1.807) is 60.7 Å². The van der Waals surface area contributed by atoms with Crippen LogP contribution < -0.4 is 4.74 Å². The first-order valence-electron chi connectivity index (χ1n) is 8.65. The molecule has 0 aliphatic heterocycles. The third kappa shape index (κ3) is 4.53. The number of benzene rings is 2. The third-order valence-electron chi connectivity index (χ3n) is 3.98. The number of ether oxygens (including phenoxy) is 2. The van der Waals surface area contributed by atoms with E-state index in [0.717, 1.165) is 0 Å². The summed E-state index contributed by atoms with van der Waals surface area (Å²) in [7, 11) is 0. The Hall–Kier alpha value is -3.25. The van der Waals surface area contributed by atoms with E-state index in [4.69, 9.17) is 9.47 Å². The summed E-state index contributed by atoms with van der Waals surface area (Å²) in [5.41, 5.74) is 0.989. The topological polar surface area (TPSA) is 69.7 Å². The van der Waals surface area contributed by atoms with Crippen LogP contribution in [-0.4, -0.2) is 30.7 Å². The van der Waals surface area contributed by atoms with E-state index >= 15 is 0 Å². The lowest BCUT2D eigenvalue weighted by Gasteiger charge is -2.11. The zero-order valence-electron chi connectivity index (χ0n) is 15.2. The van der Waals surface area contributed by atoms with Crippen molar-refractivity contribution in [1.29, 1.82) is 0 Å². The van der Waals surface area contributed by atoms with Gasteiger partial charge in [0.1, 0.15) is 19.0 Å². The van der Waals surface area contributed by atoms with Crippen molar-refractivity contribution in [3.8, 4) is 5.75 Å². The second kappa shape index (κ2) is 9.10. The lowest BCUT2D eigenvalue weighted by molar-refractivity contribution is 0.0447. The van der Waals surface area contributed by atoms with Gasteiger partial charge in [-0.2, -0.15) is 0 Å². The molecule has 28 heavy (non-hydrogen) atoms. The van der Waals surface area contributed by atoms with Crippen LogP contribution in [0.3, 0.4) is 0 Å². The predicted octanol–water partition coefficient (Wildman–Crippen LogP) is 4.42. The van der Waals surface area contributed by atoms with E-state index in [1.165, 1.54) is 18.3 Å². The summed E-state index contributed by atoms with van der Waals surface area (Å²) in [6, 6.07) is 17.0. The molecule has 0 radical (unpaired) electrons. The number of thiophene rings is 1. The summed E-state index contributed by atoms with van der Waals surface area (Å²) >= 11 is 1.32. The van der Waals surface area contributed by atoms with Crippen molar-refractivity contribution >= 4 is 28.9 Å². The molecule has 0 aliphatic carbocycles. The molecule has 3 rings (SSSR count). The molecule has 2 aromatic carbocycles. The summed E-state index contributed by atoms with van der Waals surface area (Å²) in [5, 5.41) is 1.81. The minimum absolute atomic E-state index is 0.00734. The normalized spacial score (nSPS) is 10.3. The van der Waals surface area contributed by atoms with Crippen LogP contribution in [0.4, 0.5) is 0 Å². The van der Waals surface area contributed by atoms with E-state index in [2.05, 4.69) is 0 Å². The number of esters is 1. The number of Topliss-reactive ketones (excluding diaryl/α,β-unsaturated/α-hetero) is 1. The number of rotatable bonds is 8. The molecule has 6 heteroatoms. The Kier molecular flexibility index (Phi) is 6.34. The Morgan fingerprint density at radius 2 is 1.50 bits per heavy atom. The minimum Gasteiger partial charge on any atom is -0.489 e. The molecule has 5 nitrogen and oxygen atoms in total. The van der Waals surface area contributed by atoms with Crippen LogP contribution in [0.2, 0.25) is 0 Å². The van der Waals surface area contributed by atoms with Crippen LogP contribution in [0.15, 0.2) is 66.0 Å². The van der Waals surface area contributed by atoms with Gasteiger partial charge in [0, 0.05) is 5.56 Å². The first-order chi connectivity index (χ1) is 13.6. The lowest BCUT2D eigenvalue weighted by atomic mass is 10.0. The van der Waals surface area contributed by atoms with Crippen molar-refractivity contribution in [2.45, 2.75) is 6.92 Å². The van der Waals surface area contributed by atoms with Gasteiger partial charge in [-0.3, -0.25) is 9.59 Å². The summed E-state index contributed by atoms with van der Waals surface area (Å²) in [4.78, 5) is 37.2. The molecular weight excluding hydrogens is 376 g/mol. The summed E-state index contributed by atoms with van der Waals surface area (Å²) in [6.45, 7) is 1.55. The fourth-order valence-corrected chi connectivity index (χ4v) is 3.32. The average Bonchev–Trinajstić information content (AvgIpc) is 3.25. The van der Waals surface area contributed by atoms with Gasteiger partial charge in [0.2, 0.25) is 5.78 Å². The maximum Gasteiger partial charge on any atom is 0.339 e. The Balaban J connectivity index is 1.62. The first-order valence-corrected chi connectivity index (χ1v) is 9.53. The molecule has 0 spiro atoms. The highest BCUT2D eigenvalue weighted by atomic mass is 32.1. The molecule has 0 atom stereocenters. The molecule has 0 N–H and O–H groups in total. The molecule has 0 fully saturated rings. The molecule has 0 saturated carbocycles. The zero-order valence-corrected chi connectivity index (χ0v) is 16.0. The van der Waals surface area contributed by atoms with Crippen LogP contribution >= 0.6 is 11.3 Å². The van der Waals surface area contributed by atoms with Crippen LogP contribution in [0.1, 0.15) is 42.9 Å². The number of para-hydroxylation sites is 1. The summed E-state index contributed by atoms with van der Waals surface area (Å²) in [5.74, 6) is -0.467. The largest absolute Gasteiger partial charge is 0.489 e. The number of ketones is 2. The molecule has 0 amide bonds. The second-order valence-corrected chi connectivity index (χ2v) is 6.84. The van der Waals surface area contributed by atoms with Gasteiger partial charge >= 0.3 is 5.97 Å². The Bertz CT molecular complexity index is 992. The highest BCUT2D eigenvalue weighted by molar-refractivity contribution is 7.12. The molecule has 0 unspecified atom stereocenters. The highest BCUT2D eigenvalue weighted by Crippen LogP contribution is 2.20. The average molecular weight is 394 g/mol. The van der Waals surface area contributed by atoms with Crippen molar-refractivity contribution in [2.24, 2.45) is 0 Å². The van der Waals surface area contributed by atoms with E-state index in [9.17, 15) is 14.4 Å². The summed E-state index contributed by atoms with van der Waals surface area (Å²) < 4.78 is 10.8. The fraction of sp³-hybridized carbons (Fsp3) is 0.136. The SMILES string of the molecule is CC(=O)c1ccccc1OCCOC(=O)c1ccccc1C(=O)c1cccs1. The monoisotopic (exact) mass is 394 g/mol. The summed E-state index contributed by atoms with van der Waals surface area (Å²) in [6.07, 6.45) is 0. The molecule has 0 bridgehead atoms. The maximum absolute atomic E-state index is 12.6. The number of hydrogen-bond donors (Lipinski definition) is 0. The Morgan fingerprint density at radius 1 is 0.821 bits per heavy atom. The molecular formula is C22H18O5S. The molecule has 142 valence electrons. The van der Waals surface area contributed by atoms with Crippen LogP contribution in [0, 0.1) is 0 Å². The van der Waals surface area contributed by atoms with Crippen LogP contribution in [0.5, 0.6) is 5.75 Å². The van der Waals surface area contributed by atoms with E-state index in [0.29, 0.717) is 21.8 Å². The molecule has 3 aromatic rings. The van der Waals surface area contributed by atoms with Crippen molar-refractivity contribution < 1.29 is 23.9 Å². The molecule has 0 saturated heterocycles. The van der Waals surface area contributed by atoms with Crippen molar-refractivity contribution in [1.82, 2.24) is 0 Å². The van der Waals surface area contributed by atoms with Gasteiger partial charge in [0.05, 0.1) is 16.0 Å². The number of carbonyl (C=O) groups is 3. The lowest BCUT2D eigenvalue weighted by Crippen LogP contribution is -2.16. The Labute approximate surface area is 166 Å². The Morgan fingerprint density at radius 3 is 2.18 bits per heavy atom. The van der Waals surface area contributed by atoms with E-state index in [-0.39, 0.29) is 30.3 Å². The minimum atomic E-state index is -0.594.